The molecular formula is C15H29N3O2. The highest BCUT2D eigenvalue weighted by atomic mass is 16.5. The zero-order valence-electron chi connectivity index (χ0n) is 12.7. The molecule has 5 heteroatoms. The Bertz CT molecular complexity index is 287. The van der Waals surface area contributed by atoms with Gasteiger partial charge < -0.3 is 15.4 Å². The van der Waals surface area contributed by atoms with E-state index in [0.29, 0.717) is 19.1 Å². The average molecular weight is 283 g/mol. The zero-order chi connectivity index (χ0) is 14.2. The topological polar surface area (TPSA) is 53.6 Å². The predicted octanol–water partition coefficient (Wildman–Crippen LogP) is 0.746. The quantitative estimate of drug-likeness (QED) is 0.724. The highest BCUT2D eigenvalue weighted by Gasteiger charge is 2.23. The predicted molar refractivity (Wildman–Crippen MR) is 79.7 cm³/mol. The molecule has 2 unspecified atom stereocenters. The first-order valence-corrected chi connectivity index (χ1v) is 8.12. The van der Waals surface area contributed by atoms with Crippen LogP contribution < -0.4 is 10.6 Å². The Morgan fingerprint density at radius 1 is 1.40 bits per heavy atom. The van der Waals surface area contributed by atoms with Crippen LogP contribution in [0.15, 0.2) is 0 Å². The number of nitrogens with zero attached hydrogens (tertiary/aromatic N) is 1. The smallest absolute Gasteiger partial charge is 0.234 e. The minimum Gasteiger partial charge on any atom is -0.376 e. The molecule has 116 valence electrons. The molecular weight excluding hydrogens is 254 g/mol. The molecule has 0 aromatic rings. The minimum atomic E-state index is 0.138. The van der Waals surface area contributed by atoms with Gasteiger partial charge in [-0.25, -0.2) is 0 Å². The van der Waals surface area contributed by atoms with Gasteiger partial charge in [-0.05, 0) is 45.2 Å². The van der Waals surface area contributed by atoms with E-state index in [0.717, 1.165) is 45.5 Å². The Hall–Kier alpha value is -0.650. The highest BCUT2D eigenvalue weighted by Crippen LogP contribution is 2.12. The Morgan fingerprint density at radius 3 is 2.95 bits per heavy atom. The summed E-state index contributed by atoms with van der Waals surface area (Å²) in [6.45, 7) is 7.33. The number of nitrogens with one attached hydrogen (secondary N) is 2. The van der Waals surface area contributed by atoms with Gasteiger partial charge in [-0.15, -0.1) is 0 Å². The van der Waals surface area contributed by atoms with Gasteiger partial charge in [0, 0.05) is 25.7 Å². The number of ether oxygens (including phenoxy) is 1. The molecule has 0 radical (unpaired) electrons. The third kappa shape index (κ3) is 5.04. The van der Waals surface area contributed by atoms with Crippen LogP contribution in [0.5, 0.6) is 0 Å². The Kier molecular flexibility index (Phi) is 6.76. The van der Waals surface area contributed by atoms with E-state index in [1.54, 1.807) is 0 Å². The minimum absolute atomic E-state index is 0.138. The summed E-state index contributed by atoms with van der Waals surface area (Å²) in [6.07, 6.45) is 5.93. The molecule has 2 rings (SSSR count). The van der Waals surface area contributed by atoms with E-state index in [9.17, 15) is 4.79 Å². The zero-order valence-corrected chi connectivity index (χ0v) is 12.7. The molecule has 1 amide bonds. The molecule has 0 aliphatic carbocycles. The summed E-state index contributed by atoms with van der Waals surface area (Å²) in [5.74, 6) is 0.138. The van der Waals surface area contributed by atoms with Gasteiger partial charge in [-0.3, -0.25) is 9.69 Å². The van der Waals surface area contributed by atoms with Crippen molar-refractivity contribution in [3.63, 3.8) is 0 Å². The van der Waals surface area contributed by atoms with Crippen molar-refractivity contribution in [2.45, 2.75) is 51.2 Å². The van der Waals surface area contributed by atoms with Crippen molar-refractivity contribution >= 4 is 5.91 Å². The van der Waals surface area contributed by atoms with Gasteiger partial charge >= 0.3 is 0 Å². The summed E-state index contributed by atoms with van der Waals surface area (Å²) in [4.78, 5) is 14.4. The monoisotopic (exact) mass is 283 g/mol. The van der Waals surface area contributed by atoms with Crippen molar-refractivity contribution in [1.29, 1.82) is 0 Å². The van der Waals surface area contributed by atoms with E-state index in [1.165, 1.54) is 12.8 Å². The average Bonchev–Trinajstić information content (AvgIpc) is 2.99. The lowest BCUT2D eigenvalue weighted by atomic mass is 10.1. The van der Waals surface area contributed by atoms with Crippen LogP contribution in [0.25, 0.3) is 0 Å². The summed E-state index contributed by atoms with van der Waals surface area (Å²) < 4.78 is 5.53. The van der Waals surface area contributed by atoms with Crippen molar-refractivity contribution in [2.24, 2.45) is 0 Å². The molecule has 2 N–H and O–H groups in total. The molecule has 5 nitrogen and oxygen atoms in total. The fourth-order valence-corrected chi connectivity index (χ4v) is 3.10. The maximum absolute atomic E-state index is 12.1. The van der Waals surface area contributed by atoms with Crippen molar-refractivity contribution in [1.82, 2.24) is 15.5 Å². The summed E-state index contributed by atoms with van der Waals surface area (Å²) >= 11 is 0. The third-order valence-corrected chi connectivity index (χ3v) is 4.20. The number of rotatable bonds is 7. The van der Waals surface area contributed by atoms with Crippen molar-refractivity contribution in [3.05, 3.63) is 0 Å². The molecule has 2 aliphatic heterocycles. The van der Waals surface area contributed by atoms with Gasteiger partial charge in [0.05, 0.1) is 12.6 Å². The van der Waals surface area contributed by atoms with Gasteiger partial charge in [-0.2, -0.15) is 0 Å². The van der Waals surface area contributed by atoms with Crippen molar-refractivity contribution < 1.29 is 9.53 Å². The number of carbonyl (C=O) groups excluding carboxylic acids is 1. The van der Waals surface area contributed by atoms with Crippen LogP contribution in [0.4, 0.5) is 0 Å². The van der Waals surface area contributed by atoms with Crippen LogP contribution in [0, 0.1) is 0 Å². The molecule has 0 bridgehead atoms. The van der Waals surface area contributed by atoms with Gasteiger partial charge in [-0.1, -0.05) is 6.92 Å². The summed E-state index contributed by atoms with van der Waals surface area (Å²) in [7, 11) is 0. The van der Waals surface area contributed by atoms with E-state index >= 15 is 0 Å². The van der Waals surface area contributed by atoms with Crippen molar-refractivity contribution in [2.75, 3.05) is 39.3 Å². The molecule has 2 fully saturated rings. The first kappa shape index (κ1) is 15.7. The van der Waals surface area contributed by atoms with Crippen LogP contribution in [0.1, 0.15) is 39.0 Å². The lowest BCUT2D eigenvalue weighted by Gasteiger charge is -2.34. The van der Waals surface area contributed by atoms with E-state index in [2.05, 4.69) is 22.5 Å². The van der Waals surface area contributed by atoms with Crippen LogP contribution in [0.2, 0.25) is 0 Å². The molecule has 0 aromatic carbocycles. The Labute approximate surface area is 122 Å². The van der Waals surface area contributed by atoms with Gasteiger partial charge in [0.25, 0.3) is 0 Å². The summed E-state index contributed by atoms with van der Waals surface area (Å²) in [5, 5.41) is 6.46. The molecule has 0 spiro atoms. The Morgan fingerprint density at radius 2 is 2.30 bits per heavy atom. The van der Waals surface area contributed by atoms with E-state index < -0.39 is 0 Å². The van der Waals surface area contributed by atoms with Gasteiger partial charge in [0.2, 0.25) is 5.91 Å². The molecule has 0 aromatic heterocycles. The van der Waals surface area contributed by atoms with Crippen molar-refractivity contribution in [3.8, 4) is 0 Å². The molecule has 0 saturated carbocycles. The largest absolute Gasteiger partial charge is 0.376 e. The first-order valence-electron chi connectivity index (χ1n) is 8.12. The van der Waals surface area contributed by atoms with E-state index in [4.69, 9.17) is 4.74 Å². The summed E-state index contributed by atoms with van der Waals surface area (Å²) in [5.41, 5.74) is 0. The fourth-order valence-electron chi connectivity index (χ4n) is 3.10. The van der Waals surface area contributed by atoms with Crippen LogP contribution >= 0.6 is 0 Å². The second kappa shape index (κ2) is 8.60. The molecule has 2 saturated heterocycles. The van der Waals surface area contributed by atoms with Crippen LogP contribution in [-0.2, 0) is 9.53 Å². The standard InChI is InChI=1S/C15H29N3O2/c1-2-8-18(13-5-3-7-16-10-13)12-15(19)17-11-14-6-4-9-20-14/h13-14,16H,2-12H2,1H3,(H,17,19). The number of hydrogen-bond donors (Lipinski definition) is 2. The third-order valence-electron chi connectivity index (χ3n) is 4.20. The first-order chi connectivity index (χ1) is 9.79. The van der Waals surface area contributed by atoms with Crippen LogP contribution in [0.3, 0.4) is 0 Å². The normalized spacial score (nSPS) is 26.9. The fraction of sp³-hybridized carbons (Fsp3) is 0.933. The number of piperidine rings is 1. The molecule has 2 heterocycles. The van der Waals surface area contributed by atoms with Crippen LogP contribution in [-0.4, -0.2) is 62.3 Å². The van der Waals surface area contributed by atoms with Gasteiger partial charge in [0.1, 0.15) is 0 Å². The lowest BCUT2D eigenvalue weighted by Crippen LogP contribution is -2.50. The Balaban J connectivity index is 1.72. The molecule has 2 aliphatic rings. The maximum Gasteiger partial charge on any atom is 0.234 e. The molecule has 20 heavy (non-hydrogen) atoms. The van der Waals surface area contributed by atoms with E-state index in [-0.39, 0.29) is 12.0 Å². The maximum atomic E-state index is 12.1. The lowest BCUT2D eigenvalue weighted by molar-refractivity contribution is -0.123. The second-order valence-electron chi connectivity index (χ2n) is 5.91. The van der Waals surface area contributed by atoms with Gasteiger partial charge in [0.15, 0.2) is 0 Å². The number of carbonyl (C=O) groups is 1. The second-order valence-corrected chi connectivity index (χ2v) is 5.91. The number of hydrogen-bond acceptors (Lipinski definition) is 4. The summed E-state index contributed by atoms with van der Waals surface area (Å²) in [6, 6.07) is 0.511. The number of amides is 1. The molecule has 2 atom stereocenters. The SMILES string of the molecule is CCCN(CC(=O)NCC1CCCO1)C1CCCNC1. The highest BCUT2D eigenvalue weighted by molar-refractivity contribution is 5.78. The van der Waals surface area contributed by atoms with E-state index in [1.807, 2.05) is 0 Å².